The Labute approximate surface area is 101 Å². The molecule has 5 nitrogen and oxygen atoms in total. The van der Waals surface area contributed by atoms with E-state index in [-0.39, 0.29) is 5.92 Å². The lowest BCUT2D eigenvalue weighted by molar-refractivity contribution is -0.140. The molecule has 0 aliphatic heterocycles. The molecule has 0 saturated carbocycles. The van der Waals surface area contributed by atoms with Crippen LogP contribution in [0.5, 0.6) is 0 Å². The van der Waals surface area contributed by atoms with Crippen molar-refractivity contribution >= 4 is 17.5 Å². The zero-order valence-electron chi connectivity index (χ0n) is 10.3. The maximum atomic E-state index is 11.9. The van der Waals surface area contributed by atoms with E-state index < -0.39 is 17.5 Å². The molecule has 5 heteroatoms. The second-order valence-electron chi connectivity index (χ2n) is 3.66. The lowest BCUT2D eigenvalue weighted by Crippen LogP contribution is -2.32. The second kappa shape index (κ2) is 8.42. The van der Waals surface area contributed by atoms with Crippen LogP contribution in [0, 0.1) is 5.92 Å². The Bertz CT molecular complexity index is 344. The first-order valence-corrected chi connectivity index (χ1v) is 5.57. The van der Waals surface area contributed by atoms with Crippen molar-refractivity contribution < 1.29 is 19.1 Å². The minimum absolute atomic E-state index is 0.331. The Kier molecular flexibility index (Phi) is 7.55. The smallest absolute Gasteiger partial charge is 0.441 e. The first-order chi connectivity index (χ1) is 8.12. The summed E-state index contributed by atoms with van der Waals surface area (Å²) < 4.78 is 4.39. The number of nitrogens with zero attached hydrogens (tertiary/aromatic N) is 2. The van der Waals surface area contributed by atoms with Crippen LogP contribution in [-0.4, -0.2) is 29.4 Å². The van der Waals surface area contributed by atoms with Gasteiger partial charge < -0.3 is 10.3 Å². The van der Waals surface area contributed by atoms with Gasteiger partial charge in [0.2, 0.25) is 0 Å². The van der Waals surface area contributed by atoms with E-state index in [0.717, 1.165) is 13.5 Å². The van der Waals surface area contributed by atoms with Gasteiger partial charge in [0.25, 0.3) is 5.78 Å². The standard InChI is InChI=1S/C12H18N2O3/c1-4-6-8-9(7-5-2)11(15)10(14-13)12(16)17-3/h4,9H,1,5-8H2,2-3H3. The number of rotatable bonds is 8. The molecule has 0 aliphatic rings. The third kappa shape index (κ3) is 4.74. The van der Waals surface area contributed by atoms with Crippen molar-refractivity contribution in [2.75, 3.05) is 7.11 Å². The molecular weight excluding hydrogens is 220 g/mol. The number of carbonyl (C=O) groups is 2. The number of ketones is 1. The molecule has 0 aliphatic carbocycles. The van der Waals surface area contributed by atoms with Gasteiger partial charge in [0.05, 0.1) is 7.11 Å². The summed E-state index contributed by atoms with van der Waals surface area (Å²) in [6.07, 6.45) is 4.43. The zero-order valence-corrected chi connectivity index (χ0v) is 10.3. The van der Waals surface area contributed by atoms with Crippen LogP contribution in [0.15, 0.2) is 12.7 Å². The van der Waals surface area contributed by atoms with Gasteiger partial charge in [-0.2, -0.15) is 4.79 Å². The van der Waals surface area contributed by atoms with E-state index in [1.807, 2.05) is 6.92 Å². The maximum absolute atomic E-state index is 11.9. The van der Waals surface area contributed by atoms with Crippen LogP contribution < -0.4 is 0 Å². The summed E-state index contributed by atoms with van der Waals surface area (Å²) in [4.78, 5) is 25.9. The normalized spacial score (nSPS) is 11.2. The van der Waals surface area contributed by atoms with Gasteiger partial charge in [0, 0.05) is 5.92 Å². The fourth-order valence-corrected chi connectivity index (χ4v) is 1.55. The summed E-state index contributed by atoms with van der Waals surface area (Å²) in [6, 6.07) is 0. The lowest BCUT2D eigenvalue weighted by atomic mass is 9.91. The quantitative estimate of drug-likeness (QED) is 0.161. The van der Waals surface area contributed by atoms with Crippen LogP contribution in [0.2, 0.25) is 0 Å². The highest BCUT2D eigenvalue weighted by molar-refractivity contribution is 6.62. The SMILES string of the molecule is C=CCCC(CCC)C(=O)C(=[N+]=[N-])C(=O)OC. The van der Waals surface area contributed by atoms with Gasteiger partial charge in [0.15, 0.2) is 0 Å². The number of allylic oxidation sites excluding steroid dienone is 1. The fraction of sp³-hybridized carbons (Fsp3) is 0.583. The van der Waals surface area contributed by atoms with Crippen LogP contribution in [0.4, 0.5) is 0 Å². The predicted octanol–water partition coefficient (Wildman–Crippen LogP) is 1.78. The number of carbonyl (C=O) groups excluding carboxylic acids is 2. The number of esters is 1. The summed E-state index contributed by atoms with van der Waals surface area (Å²) in [5.74, 6) is -1.71. The molecule has 0 aromatic heterocycles. The number of methoxy groups -OCH3 is 1. The monoisotopic (exact) mass is 238 g/mol. The van der Waals surface area contributed by atoms with Crippen molar-refractivity contribution in [3.05, 3.63) is 18.2 Å². The molecule has 0 amide bonds. The van der Waals surface area contributed by atoms with Gasteiger partial charge in [-0.25, -0.2) is 4.79 Å². The second-order valence-corrected chi connectivity index (χ2v) is 3.66. The van der Waals surface area contributed by atoms with Crippen molar-refractivity contribution in [2.24, 2.45) is 5.92 Å². The first kappa shape index (κ1) is 15.3. The van der Waals surface area contributed by atoms with Gasteiger partial charge in [-0.3, -0.25) is 4.79 Å². The first-order valence-electron chi connectivity index (χ1n) is 5.57. The lowest BCUT2D eigenvalue weighted by Gasteiger charge is -2.10. The van der Waals surface area contributed by atoms with Crippen LogP contribution in [0.25, 0.3) is 5.53 Å². The van der Waals surface area contributed by atoms with E-state index in [9.17, 15) is 9.59 Å². The predicted molar refractivity (Wildman–Crippen MR) is 63.5 cm³/mol. The number of hydrogen-bond acceptors (Lipinski definition) is 3. The highest BCUT2D eigenvalue weighted by Gasteiger charge is 2.35. The Morgan fingerprint density at radius 2 is 2.12 bits per heavy atom. The summed E-state index contributed by atoms with van der Waals surface area (Å²) in [5.41, 5.74) is 8.15. The van der Waals surface area contributed by atoms with E-state index >= 15 is 0 Å². The highest BCUT2D eigenvalue weighted by Crippen LogP contribution is 2.15. The largest absolute Gasteiger partial charge is 0.460 e. The van der Waals surface area contributed by atoms with Gasteiger partial charge >= 0.3 is 11.7 Å². The Morgan fingerprint density at radius 3 is 2.53 bits per heavy atom. The molecule has 0 rings (SSSR count). The molecule has 0 bridgehead atoms. The van der Waals surface area contributed by atoms with E-state index in [2.05, 4.69) is 16.1 Å². The molecule has 0 saturated heterocycles. The van der Waals surface area contributed by atoms with Crippen LogP contribution in [0.3, 0.4) is 0 Å². The summed E-state index contributed by atoms with van der Waals surface area (Å²) in [5, 5.41) is 0. The molecule has 0 N–H and O–H groups in total. The highest BCUT2D eigenvalue weighted by atomic mass is 16.5. The third-order valence-electron chi connectivity index (χ3n) is 2.44. The number of ether oxygens (including phenoxy) is 1. The minimum Gasteiger partial charge on any atom is -0.460 e. The molecule has 17 heavy (non-hydrogen) atoms. The van der Waals surface area contributed by atoms with Crippen LogP contribution >= 0.6 is 0 Å². The Hall–Kier alpha value is -1.74. The summed E-state index contributed by atoms with van der Waals surface area (Å²) in [6.45, 7) is 5.53. The fourth-order valence-electron chi connectivity index (χ4n) is 1.55. The number of hydrogen-bond donors (Lipinski definition) is 0. The molecule has 0 fully saturated rings. The van der Waals surface area contributed by atoms with E-state index in [4.69, 9.17) is 5.53 Å². The minimum atomic E-state index is -0.905. The van der Waals surface area contributed by atoms with Crippen molar-refractivity contribution in [2.45, 2.75) is 32.6 Å². The maximum Gasteiger partial charge on any atom is 0.441 e. The number of Topliss-reactive ketones (excluding diaryl/α,β-unsaturated/α-hetero) is 1. The van der Waals surface area contributed by atoms with Crippen molar-refractivity contribution in [3.8, 4) is 0 Å². The van der Waals surface area contributed by atoms with Crippen LogP contribution in [0.1, 0.15) is 32.6 Å². The van der Waals surface area contributed by atoms with Gasteiger partial charge in [-0.05, 0) is 19.3 Å². The third-order valence-corrected chi connectivity index (χ3v) is 2.44. The molecule has 0 heterocycles. The van der Waals surface area contributed by atoms with E-state index in [1.165, 1.54) is 0 Å². The van der Waals surface area contributed by atoms with Crippen molar-refractivity contribution in [1.29, 1.82) is 0 Å². The van der Waals surface area contributed by atoms with Crippen molar-refractivity contribution in [3.63, 3.8) is 0 Å². The zero-order chi connectivity index (χ0) is 13.3. The molecule has 1 atom stereocenters. The molecular formula is C12H18N2O3. The average Bonchev–Trinajstić information content (AvgIpc) is 2.34. The van der Waals surface area contributed by atoms with Crippen molar-refractivity contribution in [1.82, 2.24) is 0 Å². The van der Waals surface area contributed by atoms with E-state index in [1.54, 1.807) is 6.08 Å². The molecule has 0 aromatic rings. The molecule has 0 radical (unpaired) electrons. The summed E-state index contributed by atoms with van der Waals surface area (Å²) in [7, 11) is 1.14. The van der Waals surface area contributed by atoms with Crippen LogP contribution in [-0.2, 0) is 14.3 Å². The molecule has 1 unspecified atom stereocenters. The summed E-state index contributed by atoms with van der Waals surface area (Å²) >= 11 is 0. The topological polar surface area (TPSA) is 79.8 Å². The van der Waals surface area contributed by atoms with Gasteiger partial charge in [-0.15, -0.1) is 6.58 Å². The Balaban J connectivity index is 4.85. The molecule has 0 aromatic carbocycles. The molecule has 0 spiro atoms. The van der Waals surface area contributed by atoms with E-state index in [0.29, 0.717) is 19.3 Å². The Morgan fingerprint density at radius 1 is 1.47 bits per heavy atom. The molecule has 94 valence electrons. The average molecular weight is 238 g/mol. The van der Waals surface area contributed by atoms with Gasteiger partial charge in [0.1, 0.15) is 0 Å². The van der Waals surface area contributed by atoms with Gasteiger partial charge in [-0.1, -0.05) is 19.4 Å².